The third-order valence-electron chi connectivity index (χ3n) is 1.62. The Morgan fingerprint density at radius 2 is 2.50 bits per heavy atom. The number of aromatic nitrogens is 2. The summed E-state index contributed by atoms with van der Waals surface area (Å²) in [5.41, 5.74) is 2.02. The molecule has 1 aromatic heterocycles. The van der Waals surface area contributed by atoms with Gasteiger partial charge in [-0.3, -0.25) is 4.79 Å². The van der Waals surface area contributed by atoms with Crippen LogP contribution in [0.4, 0.5) is 0 Å². The smallest absolute Gasteiger partial charge is 0.244 e. The van der Waals surface area contributed by atoms with Crippen LogP contribution in [-0.2, 0) is 0 Å². The number of hydrogen-bond donors (Lipinski definition) is 0. The molecule has 0 saturated heterocycles. The highest BCUT2D eigenvalue weighted by Gasteiger charge is 2.10. The first-order chi connectivity index (χ1) is 5.79. The van der Waals surface area contributed by atoms with Crippen molar-refractivity contribution in [2.45, 2.75) is 6.92 Å². The fourth-order valence-corrected chi connectivity index (χ4v) is 2.83. The lowest BCUT2D eigenvalue weighted by molar-refractivity contribution is 0.0921. The van der Waals surface area contributed by atoms with Gasteiger partial charge in [-0.1, -0.05) is 20.7 Å². The molecule has 2 heterocycles. The van der Waals surface area contributed by atoms with Crippen molar-refractivity contribution in [1.82, 2.24) is 9.78 Å². The summed E-state index contributed by atoms with van der Waals surface area (Å²) in [5, 5.41) is 4.00. The average molecular weight is 274 g/mol. The van der Waals surface area contributed by atoms with Crippen molar-refractivity contribution in [3.63, 3.8) is 0 Å². The quantitative estimate of drug-likeness (QED) is 0.674. The molecule has 1 aliphatic heterocycles. The molecule has 0 amide bonds. The molecular weight excluding hydrogens is 267 g/mol. The summed E-state index contributed by atoms with van der Waals surface area (Å²) in [6.45, 7) is 1.53. The van der Waals surface area contributed by atoms with Crippen LogP contribution in [0.3, 0.4) is 0 Å². The summed E-state index contributed by atoms with van der Waals surface area (Å²) in [5.74, 6) is -0.0215. The lowest BCUT2D eigenvalue weighted by Crippen LogP contribution is -2.11. The third kappa shape index (κ3) is 1.16. The molecule has 0 bridgehead atoms. The largest absolute Gasteiger partial charge is 0.273 e. The van der Waals surface area contributed by atoms with Crippen LogP contribution in [0.5, 0.6) is 0 Å². The molecule has 2 rings (SSSR count). The molecular formula is C8H7IN2O. The van der Waals surface area contributed by atoms with E-state index in [0.29, 0.717) is 0 Å². The van der Waals surface area contributed by atoms with Gasteiger partial charge in [0, 0.05) is 12.5 Å². The molecule has 0 radical (unpaired) electrons. The molecule has 1 aliphatic rings. The van der Waals surface area contributed by atoms with E-state index in [4.69, 9.17) is 0 Å². The molecule has 0 saturated carbocycles. The van der Waals surface area contributed by atoms with E-state index in [1.165, 1.54) is 11.6 Å². The van der Waals surface area contributed by atoms with E-state index >= 15 is 0 Å². The van der Waals surface area contributed by atoms with Crippen molar-refractivity contribution >= 4 is 36.7 Å². The van der Waals surface area contributed by atoms with Crippen LogP contribution in [0.15, 0.2) is 10.3 Å². The third-order valence-corrected chi connectivity index (χ3v) is 3.34. The maximum Gasteiger partial charge on any atom is 0.244 e. The number of nitrogens with zero attached hydrogens (tertiary/aromatic N) is 2. The number of hydrogen-bond acceptors (Lipinski definition) is 2. The fraction of sp³-hybridized carbons (Fsp3) is 0.125. The van der Waals surface area contributed by atoms with E-state index in [1.807, 2.05) is 6.08 Å². The van der Waals surface area contributed by atoms with E-state index in [2.05, 4.69) is 13.2 Å². The summed E-state index contributed by atoms with van der Waals surface area (Å²) in [4.78, 5) is 11.0. The Balaban J connectivity index is 2.61. The van der Waals surface area contributed by atoms with Gasteiger partial charge >= 0.3 is 0 Å². The van der Waals surface area contributed by atoms with Crippen molar-refractivity contribution in [3.05, 3.63) is 21.5 Å². The van der Waals surface area contributed by atoms with E-state index in [-0.39, 0.29) is 26.6 Å². The zero-order valence-electron chi connectivity index (χ0n) is 6.49. The van der Waals surface area contributed by atoms with Gasteiger partial charge in [-0.2, -0.15) is 9.78 Å². The number of carbonyl (C=O) groups excluding carboxylic acids is 1. The van der Waals surface area contributed by atoms with Gasteiger partial charge < -0.3 is 0 Å². The van der Waals surface area contributed by atoms with Gasteiger partial charge in [0.25, 0.3) is 0 Å². The van der Waals surface area contributed by atoms with Crippen molar-refractivity contribution in [1.29, 1.82) is 0 Å². The Morgan fingerprint density at radius 1 is 1.67 bits per heavy atom. The first-order valence-corrected chi connectivity index (χ1v) is 5.99. The zero-order valence-corrected chi connectivity index (χ0v) is 8.65. The summed E-state index contributed by atoms with van der Waals surface area (Å²) in [6, 6.07) is 0. The van der Waals surface area contributed by atoms with Crippen LogP contribution in [0.25, 0.3) is 6.08 Å². The van der Waals surface area contributed by atoms with Gasteiger partial charge in [-0.25, -0.2) is 0 Å². The second-order valence-electron chi connectivity index (χ2n) is 2.44. The second-order valence-corrected chi connectivity index (χ2v) is 4.50. The van der Waals surface area contributed by atoms with E-state index in [0.717, 1.165) is 11.3 Å². The Labute approximate surface area is 79.8 Å². The minimum atomic E-state index is -0.0215. The van der Waals surface area contributed by atoms with Gasteiger partial charge in [-0.05, 0) is 14.2 Å². The SMILES string of the molecule is CC(=O)n1ncc2c1C=IC=C2. The number of rotatable bonds is 0. The van der Waals surface area contributed by atoms with Crippen molar-refractivity contribution in [2.75, 3.05) is 0 Å². The number of fused-ring (bicyclic) bond motifs is 1. The van der Waals surface area contributed by atoms with E-state index < -0.39 is 0 Å². The molecule has 0 atom stereocenters. The molecule has 0 unspecified atom stereocenters. The Morgan fingerprint density at radius 3 is 3.25 bits per heavy atom. The molecule has 3 nitrogen and oxygen atoms in total. The van der Waals surface area contributed by atoms with Gasteiger partial charge in [0.15, 0.2) is 0 Å². The van der Waals surface area contributed by atoms with Crippen LogP contribution < -0.4 is 0 Å². The van der Waals surface area contributed by atoms with Crippen LogP contribution in [-0.4, -0.2) is 19.7 Å². The molecule has 0 aliphatic carbocycles. The van der Waals surface area contributed by atoms with Crippen molar-refractivity contribution in [3.8, 4) is 0 Å². The summed E-state index contributed by atoms with van der Waals surface area (Å²) in [6.07, 6.45) is 3.77. The first-order valence-electron chi connectivity index (χ1n) is 3.50. The second kappa shape index (κ2) is 2.93. The minimum absolute atomic E-state index is 0.00910. The molecule has 12 heavy (non-hydrogen) atoms. The molecule has 0 spiro atoms. The van der Waals surface area contributed by atoms with Crippen LogP contribution in [0, 0.1) is 0 Å². The Bertz CT molecular complexity index is 390. The van der Waals surface area contributed by atoms with Crippen molar-refractivity contribution in [2.24, 2.45) is 0 Å². The Kier molecular flexibility index (Phi) is 1.92. The summed E-state index contributed by atoms with van der Waals surface area (Å²) >= 11 is -0.00910. The minimum Gasteiger partial charge on any atom is -0.273 e. The molecule has 1 aromatic rings. The van der Waals surface area contributed by atoms with Crippen LogP contribution >= 0.6 is 20.7 Å². The van der Waals surface area contributed by atoms with Gasteiger partial charge in [0.05, 0.1) is 11.9 Å². The number of halogens is 1. The molecule has 0 aromatic carbocycles. The van der Waals surface area contributed by atoms with E-state index in [9.17, 15) is 4.79 Å². The van der Waals surface area contributed by atoms with Gasteiger partial charge in [0.2, 0.25) is 5.91 Å². The van der Waals surface area contributed by atoms with Crippen LogP contribution in [0.2, 0.25) is 0 Å². The summed E-state index contributed by atoms with van der Waals surface area (Å²) < 4.78 is 5.73. The molecule has 62 valence electrons. The first kappa shape index (κ1) is 7.85. The highest BCUT2D eigenvalue weighted by atomic mass is 127. The highest BCUT2D eigenvalue weighted by Crippen LogP contribution is 2.18. The summed E-state index contributed by atoms with van der Waals surface area (Å²) in [7, 11) is 0. The Hall–Kier alpha value is -0.780. The zero-order chi connectivity index (χ0) is 8.55. The fourth-order valence-electron chi connectivity index (χ4n) is 1.06. The molecule has 0 fully saturated rings. The van der Waals surface area contributed by atoms with Gasteiger partial charge in [-0.15, -0.1) is 0 Å². The topological polar surface area (TPSA) is 34.9 Å². The lowest BCUT2D eigenvalue weighted by Gasteiger charge is -2.00. The lowest BCUT2D eigenvalue weighted by atomic mass is 10.2. The van der Waals surface area contributed by atoms with Crippen molar-refractivity contribution < 1.29 is 4.79 Å². The normalized spacial score (nSPS) is 13.8. The molecule has 4 heteroatoms. The molecule has 0 N–H and O–H groups in total. The predicted molar refractivity (Wildman–Crippen MR) is 56.7 cm³/mol. The standard InChI is InChI=1S/C8H7IN2O/c1-6(12)11-8-4-9-3-2-7(8)5-10-11/h2-5H,1H3. The monoisotopic (exact) mass is 274 g/mol. The van der Waals surface area contributed by atoms with Crippen LogP contribution in [0.1, 0.15) is 23.0 Å². The van der Waals surface area contributed by atoms with E-state index in [1.54, 1.807) is 6.20 Å². The average Bonchev–Trinajstić information content (AvgIpc) is 2.47. The van der Waals surface area contributed by atoms with Gasteiger partial charge in [0.1, 0.15) is 0 Å². The maximum atomic E-state index is 11.0. The highest BCUT2D eigenvalue weighted by molar-refractivity contribution is 14.2. The number of carbonyl (C=O) groups is 1. The maximum absolute atomic E-state index is 11.0. The predicted octanol–water partition coefficient (Wildman–Crippen LogP) is 1.65.